The lowest BCUT2D eigenvalue weighted by Crippen LogP contribution is -2.47. The third kappa shape index (κ3) is 3.48. The van der Waals surface area contributed by atoms with E-state index in [1.807, 2.05) is 7.05 Å². The fourth-order valence-electron chi connectivity index (χ4n) is 3.32. The van der Waals surface area contributed by atoms with Crippen LogP contribution in [0.3, 0.4) is 0 Å². The zero-order valence-corrected chi connectivity index (χ0v) is 13.7. The lowest BCUT2D eigenvalue weighted by atomic mass is 9.98. The Hall–Kier alpha value is -2.07. The number of ether oxygens (including phenoxy) is 1. The number of likely N-dealkylation sites (tertiary alicyclic amines) is 1. The third-order valence-corrected chi connectivity index (χ3v) is 4.75. The van der Waals surface area contributed by atoms with Gasteiger partial charge in [0.15, 0.2) is 0 Å². The van der Waals surface area contributed by atoms with Gasteiger partial charge in [-0.2, -0.15) is 0 Å². The van der Waals surface area contributed by atoms with Gasteiger partial charge in [0, 0.05) is 32.7 Å². The molecule has 1 saturated heterocycles. The molecule has 0 unspecified atom stereocenters. The molecule has 1 heterocycles. The molecular weight excluding hydrogens is 288 g/mol. The van der Waals surface area contributed by atoms with E-state index in [4.69, 9.17) is 4.74 Å². The summed E-state index contributed by atoms with van der Waals surface area (Å²) in [5.41, 5.74) is 1.43. The molecule has 23 heavy (non-hydrogen) atoms. The van der Waals surface area contributed by atoms with E-state index in [2.05, 4.69) is 41.8 Å². The molecule has 1 aromatic rings. The van der Waals surface area contributed by atoms with Crippen LogP contribution in [-0.4, -0.2) is 55.2 Å². The first kappa shape index (κ1) is 15.8. The van der Waals surface area contributed by atoms with Crippen LogP contribution < -0.4 is 10.4 Å². The van der Waals surface area contributed by atoms with Gasteiger partial charge in [-0.15, -0.1) is 0 Å². The highest BCUT2D eigenvalue weighted by molar-refractivity contribution is 5.83. The number of hydrogen-bond donors (Lipinski definition) is 0. The first-order valence-corrected chi connectivity index (χ1v) is 8.22. The highest BCUT2D eigenvalue weighted by Gasteiger charge is 2.26. The number of nitrogens with zero attached hydrogens (tertiary/aromatic N) is 2. The summed E-state index contributed by atoms with van der Waals surface area (Å²) in [5, 5.41) is 2.74. The Bertz CT molecular complexity index is 702. The number of carbonyl (C=O) groups is 1. The van der Waals surface area contributed by atoms with Crippen LogP contribution in [0.2, 0.25) is 0 Å². The van der Waals surface area contributed by atoms with Gasteiger partial charge in [0.2, 0.25) is 0 Å². The van der Waals surface area contributed by atoms with E-state index < -0.39 is 0 Å². The van der Waals surface area contributed by atoms with Crippen molar-refractivity contribution in [3.8, 4) is 0 Å². The molecule has 1 aliphatic carbocycles. The minimum absolute atomic E-state index is 0.251. The normalized spacial score (nSPS) is 17.7. The van der Waals surface area contributed by atoms with Gasteiger partial charge in [-0.25, -0.2) is 4.79 Å². The van der Waals surface area contributed by atoms with Crippen molar-refractivity contribution in [1.82, 2.24) is 9.80 Å². The maximum atomic E-state index is 11.9. The molecule has 1 aromatic carbocycles. The standard InChI is InChI=1S/C19H24N2O2/c1-3-12-23-19(22)20(2)17-8-10-21(11-9-17)14-16-13-15-6-4-5-7-18(15)16/h3-7,13,17H,1,8-12,14H2,2H3. The molecule has 1 aliphatic heterocycles. The van der Waals surface area contributed by atoms with E-state index in [0.717, 1.165) is 32.5 Å². The lowest BCUT2D eigenvalue weighted by Gasteiger charge is -2.36. The lowest BCUT2D eigenvalue weighted by molar-refractivity contribution is 0.0863. The van der Waals surface area contributed by atoms with Gasteiger partial charge in [0.25, 0.3) is 0 Å². The Morgan fingerprint density at radius 3 is 2.83 bits per heavy atom. The van der Waals surface area contributed by atoms with Gasteiger partial charge in [-0.3, -0.25) is 4.90 Å². The van der Waals surface area contributed by atoms with Crippen LogP contribution in [-0.2, 0) is 4.74 Å². The van der Waals surface area contributed by atoms with Crippen LogP contribution in [0.15, 0.2) is 36.9 Å². The van der Waals surface area contributed by atoms with Gasteiger partial charge in [0.05, 0.1) is 0 Å². The fourth-order valence-corrected chi connectivity index (χ4v) is 3.32. The smallest absolute Gasteiger partial charge is 0.410 e. The molecule has 1 fully saturated rings. The summed E-state index contributed by atoms with van der Waals surface area (Å²) >= 11 is 0. The quantitative estimate of drug-likeness (QED) is 0.770. The third-order valence-electron chi connectivity index (χ3n) is 4.75. The SMILES string of the molecule is C=CCOC(=O)N(C)C1CCN(CC2=c3ccccc3=C2)CC1. The molecule has 0 N–H and O–H groups in total. The average molecular weight is 312 g/mol. The van der Waals surface area contributed by atoms with Crippen molar-refractivity contribution < 1.29 is 9.53 Å². The van der Waals surface area contributed by atoms with Crippen LogP contribution in [0.25, 0.3) is 11.6 Å². The molecular formula is C19H24N2O2. The van der Waals surface area contributed by atoms with Crippen molar-refractivity contribution in [3.63, 3.8) is 0 Å². The summed E-state index contributed by atoms with van der Waals surface area (Å²) in [5.74, 6) is 0. The second kappa shape index (κ2) is 7.01. The van der Waals surface area contributed by atoms with E-state index in [0.29, 0.717) is 0 Å². The number of amides is 1. The molecule has 4 nitrogen and oxygen atoms in total. The summed E-state index contributed by atoms with van der Waals surface area (Å²) in [6.07, 6.45) is 5.61. The molecule has 0 atom stereocenters. The molecule has 0 radical (unpaired) electrons. The molecule has 3 rings (SSSR count). The second-order valence-corrected chi connectivity index (χ2v) is 6.24. The van der Waals surface area contributed by atoms with Gasteiger partial charge in [0.1, 0.15) is 6.61 Å². The van der Waals surface area contributed by atoms with Gasteiger partial charge < -0.3 is 9.64 Å². The van der Waals surface area contributed by atoms with Crippen molar-refractivity contribution in [2.24, 2.45) is 0 Å². The topological polar surface area (TPSA) is 32.8 Å². The zero-order chi connectivity index (χ0) is 16.2. The van der Waals surface area contributed by atoms with Crippen LogP contribution >= 0.6 is 0 Å². The minimum atomic E-state index is -0.251. The Labute approximate surface area is 137 Å². The maximum absolute atomic E-state index is 11.9. The molecule has 0 aromatic heterocycles. The summed E-state index contributed by atoms with van der Waals surface area (Å²) in [6, 6.07) is 8.81. The van der Waals surface area contributed by atoms with Crippen molar-refractivity contribution in [3.05, 3.63) is 47.4 Å². The number of rotatable bonds is 5. The summed E-state index contributed by atoms with van der Waals surface area (Å²) in [7, 11) is 1.83. The Morgan fingerprint density at radius 1 is 1.39 bits per heavy atom. The number of benzene rings is 1. The van der Waals surface area contributed by atoms with Crippen LogP contribution in [0.1, 0.15) is 12.8 Å². The summed E-state index contributed by atoms with van der Waals surface area (Å²) in [6.45, 7) is 6.88. The van der Waals surface area contributed by atoms with Gasteiger partial charge in [-0.1, -0.05) is 36.9 Å². The first-order valence-electron chi connectivity index (χ1n) is 8.22. The summed E-state index contributed by atoms with van der Waals surface area (Å²) < 4.78 is 5.11. The number of fused-ring (bicyclic) bond motifs is 1. The van der Waals surface area contributed by atoms with Crippen LogP contribution in [0.5, 0.6) is 0 Å². The first-order chi connectivity index (χ1) is 11.2. The molecule has 1 amide bonds. The van der Waals surface area contributed by atoms with E-state index in [9.17, 15) is 4.79 Å². The second-order valence-electron chi connectivity index (χ2n) is 6.24. The molecule has 0 saturated carbocycles. The summed E-state index contributed by atoms with van der Waals surface area (Å²) in [4.78, 5) is 16.1. The van der Waals surface area contributed by atoms with Crippen LogP contribution in [0.4, 0.5) is 4.79 Å². The van der Waals surface area contributed by atoms with Crippen molar-refractivity contribution in [1.29, 1.82) is 0 Å². The molecule has 0 bridgehead atoms. The highest BCUT2D eigenvalue weighted by Crippen LogP contribution is 2.18. The number of carbonyl (C=O) groups excluding carboxylic acids is 1. The fraction of sp³-hybridized carbons (Fsp3) is 0.421. The Morgan fingerprint density at radius 2 is 2.13 bits per heavy atom. The molecule has 0 spiro atoms. The van der Waals surface area contributed by atoms with Crippen LogP contribution in [0, 0.1) is 0 Å². The molecule has 4 heteroatoms. The molecule has 122 valence electrons. The number of piperidine rings is 1. The van der Waals surface area contributed by atoms with Gasteiger partial charge in [-0.05, 0) is 34.9 Å². The number of hydrogen-bond acceptors (Lipinski definition) is 3. The highest BCUT2D eigenvalue weighted by atomic mass is 16.6. The van der Waals surface area contributed by atoms with Crippen molar-refractivity contribution in [2.45, 2.75) is 18.9 Å². The van der Waals surface area contributed by atoms with Crippen molar-refractivity contribution >= 4 is 17.7 Å². The van der Waals surface area contributed by atoms with Gasteiger partial charge >= 0.3 is 6.09 Å². The monoisotopic (exact) mass is 312 g/mol. The predicted molar refractivity (Wildman–Crippen MR) is 92.3 cm³/mol. The largest absolute Gasteiger partial charge is 0.445 e. The molecule has 2 aliphatic rings. The maximum Gasteiger partial charge on any atom is 0.410 e. The van der Waals surface area contributed by atoms with E-state index >= 15 is 0 Å². The van der Waals surface area contributed by atoms with E-state index in [1.54, 1.807) is 11.0 Å². The zero-order valence-electron chi connectivity index (χ0n) is 13.7. The Kier molecular flexibility index (Phi) is 4.82. The van der Waals surface area contributed by atoms with Crippen molar-refractivity contribution in [2.75, 3.05) is 33.3 Å². The predicted octanol–water partition coefficient (Wildman–Crippen LogP) is 1.35. The Balaban J connectivity index is 1.50. The average Bonchev–Trinajstić information content (AvgIpc) is 2.57. The van der Waals surface area contributed by atoms with E-state index in [-0.39, 0.29) is 18.7 Å². The van der Waals surface area contributed by atoms with E-state index in [1.165, 1.54) is 16.0 Å². The minimum Gasteiger partial charge on any atom is -0.445 e.